The topological polar surface area (TPSA) is 67.8 Å². The van der Waals surface area contributed by atoms with Gasteiger partial charge in [-0.1, -0.05) is 20.8 Å². The first kappa shape index (κ1) is 25.7. The van der Waals surface area contributed by atoms with Crippen molar-refractivity contribution in [2.75, 3.05) is 27.3 Å². The highest BCUT2D eigenvalue weighted by Crippen LogP contribution is 2.21. The molecule has 1 aromatic heterocycles. The summed E-state index contributed by atoms with van der Waals surface area (Å²) in [7, 11) is 3.30. The van der Waals surface area contributed by atoms with Crippen molar-refractivity contribution in [1.82, 2.24) is 15.6 Å². The van der Waals surface area contributed by atoms with Crippen molar-refractivity contribution < 1.29 is 22.6 Å². The number of pyridine rings is 1. The lowest BCUT2D eigenvalue weighted by Gasteiger charge is -2.30. The van der Waals surface area contributed by atoms with Crippen LogP contribution in [0.15, 0.2) is 23.3 Å². The predicted molar refractivity (Wildman–Crippen MR) is 110 cm³/mol. The van der Waals surface area contributed by atoms with Gasteiger partial charge < -0.3 is 20.1 Å². The Morgan fingerprint density at radius 2 is 1.93 bits per heavy atom. The van der Waals surface area contributed by atoms with Gasteiger partial charge in [-0.2, -0.15) is 13.2 Å². The van der Waals surface area contributed by atoms with Crippen LogP contribution < -0.4 is 15.4 Å². The standard InChI is InChI=1S/C17H27F3N4O2.HI/c1-16(2,3)13(25-5)10-24-15(21-4)23-9-12-6-7-22-14(8-12)26-11-17(18,19)20;/h6-8,13H,9-11H2,1-5H3,(H2,21,23,24);1H. The molecule has 0 saturated heterocycles. The molecule has 0 aliphatic carbocycles. The van der Waals surface area contributed by atoms with Gasteiger partial charge in [-0.25, -0.2) is 4.98 Å². The van der Waals surface area contributed by atoms with E-state index in [2.05, 4.69) is 46.1 Å². The average Bonchev–Trinajstić information content (AvgIpc) is 2.55. The maximum absolute atomic E-state index is 12.2. The Bertz CT molecular complexity index is 592. The summed E-state index contributed by atoms with van der Waals surface area (Å²) in [5.41, 5.74) is 0.690. The first-order valence-corrected chi connectivity index (χ1v) is 8.17. The van der Waals surface area contributed by atoms with Crippen LogP contribution in [-0.4, -0.2) is 50.5 Å². The minimum atomic E-state index is -4.40. The van der Waals surface area contributed by atoms with Gasteiger partial charge in [-0.3, -0.25) is 4.99 Å². The maximum atomic E-state index is 12.2. The molecule has 0 aromatic carbocycles. The summed E-state index contributed by atoms with van der Waals surface area (Å²) >= 11 is 0. The van der Waals surface area contributed by atoms with E-state index >= 15 is 0 Å². The fourth-order valence-corrected chi connectivity index (χ4v) is 2.13. The van der Waals surface area contributed by atoms with E-state index in [0.717, 1.165) is 5.56 Å². The number of aromatic nitrogens is 1. The van der Waals surface area contributed by atoms with Crippen molar-refractivity contribution in [2.24, 2.45) is 10.4 Å². The summed E-state index contributed by atoms with van der Waals surface area (Å²) in [5, 5.41) is 6.27. The third kappa shape index (κ3) is 10.6. The number of nitrogens with one attached hydrogen (secondary N) is 2. The van der Waals surface area contributed by atoms with Crippen molar-refractivity contribution in [3.05, 3.63) is 23.9 Å². The molecule has 0 radical (unpaired) electrons. The lowest BCUT2D eigenvalue weighted by molar-refractivity contribution is -0.154. The molecule has 0 saturated carbocycles. The number of guanidine groups is 1. The van der Waals surface area contributed by atoms with Gasteiger partial charge >= 0.3 is 6.18 Å². The summed E-state index contributed by atoms with van der Waals surface area (Å²) in [6.45, 7) is 5.80. The highest BCUT2D eigenvalue weighted by atomic mass is 127. The number of aliphatic imine (C=N–C) groups is 1. The molecule has 0 fully saturated rings. The third-order valence-corrected chi connectivity index (χ3v) is 3.57. The predicted octanol–water partition coefficient (Wildman–Crippen LogP) is 3.37. The van der Waals surface area contributed by atoms with Crippen molar-refractivity contribution in [3.63, 3.8) is 0 Å². The highest BCUT2D eigenvalue weighted by Gasteiger charge is 2.28. The SMILES string of the molecule is CN=C(NCc1ccnc(OCC(F)(F)F)c1)NCC(OC)C(C)(C)C.I. The number of rotatable bonds is 7. The molecule has 2 N–H and O–H groups in total. The molecular weight excluding hydrogens is 476 g/mol. The van der Waals surface area contributed by atoms with E-state index in [0.29, 0.717) is 19.0 Å². The zero-order valence-corrected chi connectivity index (χ0v) is 18.5. The van der Waals surface area contributed by atoms with Gasteiger partial charge in [0, 0.05) is 39.5 Å². The lowest BCUT2D eigenvalue weighted by Crippen LogP contribution is -2.45. The van der Waals surface area contributed by atoms with E-state index in [-0.39, 0.29) is 41.4 Å². The molecular formula is C17H28F3IN4O2. The van der Waals surface area contributed by atoms with E-state index in [9.17, 15) is 13.2 Å². The molecule has 1 atom stereocenters. The first-order chi connectivity index (χ1) is 12.0. The van der Waals surface area contributed by atoms with Gasteiger partial charge in [0.05, 0.1) is 6.10 Å². The van der Waals surface area contributed by atoms with Crippen LogP contribution in [0, 0.1) is 5.41 Å². The maximum Gasteiger partial charge on any atom is 0.422 e. The van der Waals surface area contributed by atoms with Crippen molar-refractivity contribution in [1.29, 1.82) is 0 Å². The number of hydrogen-bond acceptors (Lipinski definition) is 4. The molecule has 1 heterocycles. The average molecular weight is 504 g/mol. The number of methoxy groups -OCH3 is 1. The van der Waals surface area contributed by atoms with Crippen LogP contribution in [0.1, 0.15) is 26.3 Å². The molecule has 0 bridgehead atoms. The van der Waals surface area contributed by atoms with Crippen LogP contribution in [0.3, 0.4) is 0 Å². The molecule has 0 amide bonds. The molecule has 1 rings (SSSR count). The zero-order valence-electron chi connectivity index (χ0n) is 16.2. The number of hydrogen-bond donors (Lipinski definition) is 2. The molecule has 1 aromatic rings. The lowest BCUT2D eigenvalue weighted by atomic mass is 9.89. The van der Waals surface area contributed by atoms with Crippen LogP contribution in [-0.2, 0) is 11.3 Å². The molecule has 10 heteroatoms. The minimum absolute atomic E-state index is 0. The van der Waals surface area contributed by atoms with E-state index in [1.807, 2.05) is 0 Å². The van der Waals surface area contributed by atoms with Gasteiger partial charge in [0.2, 0.25) is 5.88 Å². The molecule has 1 unspecified atom stereocenters. The summed E-state index contributed by atoms with van der Waals surface area (Å²) < 4.78 is 46.7. The smallest absolute Gasteiger partial charge is 0.422 e. The molecule has 0 spiro atoms. The largest absolute Gasteiger partial charge is 0.468 e. The van der Waals surface area contributed by atoms with Crippen LogP contribution in [0.2, 0.25) is 0 Å². The van der Waals surface area contributed by atoms with E-state index in [4.69, 9.17) is 4.74 Å². The second-order valence-electron chi connectivity index (χ2n) is 6.80. The Hall–Kier alpha value is -1.30. The number of halogens is 4. The second kappa shape index (κ2) is 11.5. The highest BCUT2D eigenvalue weighted by molar-refractivity contribution is 14.0. The van der Waals surface area contributed by atoms with Crippen molar-refractivity contribution >= 4 is 29.9 Å². The summed E-state index contributed by atoms with van der Waals surface area (Å²) in [6, 6.07) is 3.15. The van der Waals surface area contributed by atoms with Gasteiger partial charge in [0.25, 0.3) is 0 Å². The van der Waals surface area contributed by atoms with Crippen LogP contribution in [0.25, 0.3) is 0 Å². The van der Waals surface area contributed by atoms with E-state index in [1.54, 1.807) is 20.2 Å². The molecule has 6 nitrogen and oxygen atoms in total. The van der Waals surface area contributed by atoms with Gasteiger partial charge in [0.1, 0.15) is 0 Å². The number of alkyl halides is 3. The second-order valence-corrected chi connectivity index (χ2v) is 6.80. The van der Waals surface area contributed by atoms with Gasteiger partial charge in [0.15, 0.2) is 12.6 Å². The summed E-state index contributed by atoms with van der Waals surface area (Å²) in [5.74, 6) is 0.489. The van der Waals surface area contributed by atoms with E-state index < -0.39 is 12.8 Å². The fraction of sp³-hybridized carbons (Fsp3) is 0.647. The summed E-state index contributed by atoms with van der Waals surface area (Å²) in [4.78, 5) is 7.90. The quantitative estimate of drug-likeness (QED) is 0.339. The Balaban J connectivity index is 0.00000676. The number of ether oxygens (including phenoxy) is 2. The Morgan fingerprint density at radius 1 is 1.26 bits per heavy atom. The van der Waals surface area contributed by atoms with Gasteiger partial charge in [-0.15, -0.1) is 24.0 Å². The minimum Gasteiger partial charge on any atom is -0.468 e. The van der Waals surface area contributed by atoms with Crippen molar-refractivity contribution in [2.45, 2.75) is 39.6 Å². The molecule has 156 valence electrons. The molecule has 27 heavy (non-hydrogen) atoms. The molecule has 0 aliphatic heterocycles. The van der Waals surface area contributed by atoms with Crippen LogP contribution >= 0.6 is 24.0 Å². The fourth-order valence-electron chi connectivity index (χ4n) is 2.13. The Kier molecular flexibility index (Phi) is 11.0. The normalized spacial score (nSPS) is 13.6. The Morgan fingerprint density at radius 3 is 2.44 bits per heavy atom. The zero-order chi connectivity index (χ0) is 19.8. The van der Waals surface area contributed by atoms with Crippen molar-refractivity contribution in [3.8, 4) is 5.88 Å². The van der Waals surface area contributed by atoms with Crippen LogP contribution in [0.4, 0.5) is 13.2 Å². The third-order valence-electron chi connectivity index (χ3n) is 3.57. The number of nitrogens with zero attached hydrogens (tertiary/aromatic N) is 2. The Labute approximate surface area is 175 Å². The first-order valence-electron chi connectivity index (χ1n) is 8.17. The van der Waals surface area contributed by atoms with E-state index in [1.165, 1.54) is 12.3 Å². The summed E-state index contributed by atoms with van der Waals surface area (Å²) in [6.07, 6.45) is -3.00. The van der Waals surface area contributed by atoms with Crippen LogP contribution in [0.5, 0.6) is 5.88 Å². The molecule has 0 aliphatic rings. The monoisotopic (exact) mass is 504 g/mol. The van der Waals surface area contributed by atoms with Gasteiger partial charge in [-0.05, 0) is 17.0 Å².